The number of hydrogen-bond donors (Lipinski definition) is 0. The minimum absolute atomic E-state index is 0.00325. The predicted octanol–water partition coefficient (Wildman–Crippen LogP) is 3.47. The molecule has 3 aromatic rings. The zero-order chi connectivity index (χ0) is 23.4. The second-order valence-electron chi connectivity index (χ2n) is 8.80. The number of likely N-dealkylation sites (tertiary alicyclic amines) is 1. The highest BCUT2D eigenvalue weighted by Gasteiger charge is 2.24. The topological polar surface area (TPSA) is 93.9 Å². The van der Waals surface area contributed by atoms with Gasteiger partial charge < -0.3 is 0 Å². The summed E-state index contributed by atoms with van der Waals surface area (Å²) in [5, 5.41) is 8.74. The quantitative estimate of drug-likeness (QED) is 0.479. The van der Waals surface area contributed by atoms with Crippen LogP contribution in [0, 0.1) is 0 Å². The summed E-state index contributed by atoms with van der Waals surface area (Å²) in [4.78, 5) is 11.3. The van der Waals surface area contributed by atoms with E-state index in [2.05, 4.69) is 25.2 Å². The van der Waals surface area contributed by atoms with Crippen molar-refractivity contribution in [2.45, 2.75) is 56.7 Å². The lowest BCUT2D eigenvalue weighted by atomic mass is 9.93. The van der Waals surface area contributed by atoms with E-state index in [4.69, 9.17) is 11.6 Å². The number of nitrogens with zero attached hydrogens (tertiary/aromatic N) is 6. The van der Waals surface area contributed by atoms with Crippen LogP contribution in [0.1, 0.15) is 55.4 Å². The van der Waals surface area contributed by atoms with E-state index >= 15 is 0 Å². The van der Waals surface area contributed by atoms with Crippen LogP contribution in [0.4, 0.5) is 0 Å². The molecule has 0 aliphatic carbocycles. The Kier molecular flexibility index (Phi) is 7.41. The summed E-state index contributed by atoms with van der Waals surface area (Å²) in [5.74, 6) is 0.335. The third kappa shape index (κ3) is 6.16. The van der Waals surface area contributed by atoms with Crippen LogP contribution < -0.4 is 0 Å². The number of aromatic nitrogens is 5. The van der Waals surface area contributed by atoms with E-state index in [1.54, 1.807) is 30.8 Å². The second kappa shape index (κ2) is 10.3. The molecule has 0 saturated carbocycles. The molecule has 0 N–H and O–H groups in total. The average molecular weight is 489 g/mol. The first kappa shape index (κ1) is 23.8. The molecule has 1 fully saturated rings. The molecule has 1 aliphatic rings. The summed E-state index contributed by atoms with van der Waals surface area (Å²) in [6.45, 7) is 6.51. The Hall–Kier alpha value is -2.36. The van der Waals surface area contributed by atoms with E-state index < -0.39 is 15.1 Å². The van der Waals surface area contributed by atoms with Gasteiger partial charge in [0.1, 0.15) is 0 Å². The Bertz CT molecular complexity index is 1190. The van der Waals surface area contributed by atoms with Crippen molar-refractivity contribution in [3.63, 3.8) is 0 Å². The van der Waals surface area contributed by atoms with E-state index in [0.717, 1.165) is 49.6 Å². The van der Waals surface area contributed by atoms with Crippen LogP contribution in [0.25, 0.3) is 0 Å². The molecule has 1 aliphatic heterocycles. The van der Waals surface area contributed by atoms with Gasteiger partial charge in [0.05, 0.1) is 45.8 Å². The van der Waals surface area contributed by atoms with Gasteiger partial charge >= 0.3 is 0 Å². The summed E-state index contributed by atoms with van der Waals surface area (Å²) in [6.07, 6.45) is 5.62. The minimum Gasteiger partial charge on any atom is -0.297 e. The highest BCUT2D eigenvalue weighted by molar-refractivity contribution is 7.91. The largest absolute Gasteiger partial charge is 0.297 e. The number of sulfone groups is 1. The molecule has 10 heteroatoms. The van der Waals surface area contributed by atoms with Crippen LogP contribution in [0.2, 0.25) is 5.02 Å². The molecule has 0 radical (unpaired) electrons. The molecule has 3 aromatic heterocycles. The van der Waals surface area contributed by atoms with Crippen LogP contribution in [-0.2, 0) is 28.7 Å². The molecule has 4 heterocycles. The van der Waals surface area contributed by atoms with E-state index in [1.807, 2.05) is 30.5 Å². The molecular weight excluding hydrogens is 460 g/mol. The molecule has 0 unspecified atom stereocenters. The molecule has 176 valence electrons. The molecule has 4 rings (SSSR count). The van der Waals surface area contributed by atoms with Crippen LogP contribution >= 0.6 is 11.6 Å². The van der Waals surface area contributed by atoms with E-state index in [9.17, 15) is 8.42 Å². The molecule has 33 heavy (non-hydrogen) atoms. The van der Waals surface area contributed by atoms with Gasteiger partial charge in [-0.3, -0.25) is 14.9 Å². The first-order chi connectivity index (χ1) is 15.8. The zero-order valence-electron chi connectivity index (χ0n) is 18.9. The summed E-state index contributed by atoms with van der Waals surface area (Å²) >= 11 is 6.19. The Morgan fingerprint density at radius 3 is 2.61 bits per heavy atom. The van der Waals surface area contributed by atoms with Crippen molar-refractivity contribution in [1.82, 2.24) is 29.9 Å². The Morgan fingerprint density at radius 1 is 1.09 bits per heavy atom. The molecule has 0 aromatic carbocycles. The molecule has 0 bridgehead atoms. The van der Waals surface area contributed by atoms with Crippen molar-refractivity contribution in [3.05, 3.63) is 70.5 Å². The maximum Gasteiger partial charge on any atom is 0.158 e. The van der Waals surface area contributed by atoms with Crippen LogP contribution in [-0.4, -0.2) is 56.6 Å². The summed E-state index contributed by atoms with van der Waals surface area (Å²) in [5.41, 5.74) is 3.31. The smallest absolute Gasteiger partial charge is 0.158 e. The molecule has 8 nitrogen and oxygen atoms in total. The summed E-state index contributed by atoms with van der Waals surface area (Å²) in [7, 11) is -3.16. The number of rotatable bonds is 8. The number of halogens is 1. The van der Waals surface area contributed by atoms with E-state index in [1.165, 1.54) is 0 Å². The van der Waals surface area contributed by atoms with Crippen LogP contribution in [0.5, 0.6) is 0 Å². The van der Waals surface area contributed by atoms with Crippen molar-refractivity contribution in [2.24, 2.45) is 0 Å². The number of hydrogen-bond acceptors (Lipinski definition) is 7. The molecule has 0 spiro atoms. The van der Waals surface area contributed by atoms with E-state index in [0.29, 0.717) is 23.2 Å². The fourth-order valence-corrected chi connectivity index (χ4v) is 5.06. The third-order valence-electron chi connectivity index (χ3n) is 6.02. The van der Waals surface area contributed by atoms with Gasteiger partial charge in [-0.25, -0.2) is 13.1 Å². The molecule has 0 amide bonds. The van der Waals surface area contributed by atoms with Gasteiger partial charge in [-0.05, 0) is 64.0 Å². The Balaban J connectivity index is 1.31. The van der Waals surface area contributed by atoms with E-state index in [-0.39, 0.29) is 5.75 Å². The fourth-order valence-electron chi connectivity index (χ4n) is 3.97. The third-order valence-corrected chi connectivity index (χ3v) is 8.50. The van der Waals surface area contributed by atoms with Crippen molar-refractivity contribution in [3.8, 4) is 0 Å². The Labute approximate surface area is 199 Å². The van der Waals surface area contributed by atoms with Crippen molar-refractivity contribution < 1.29 is 8.42 Å². The SMILES string of the molecule is CC(C)S(=O)(=O)Cc1cccc(C2CCN(Cc3cn(Cc4ncccc4Cl)nn3)CC2)n1. The minimum atomic E-state index is -3.16. The highest BCUT2D eigenvalue weighted by Crippen LogP contribution is 2.28. The van der Waals surface area contributed by atoms with Gasteiger partial charge in [-0.1, -0.05) is 22.9 Å². The average Bonchev–Trinajstić information content (AvgIpc) is 3.22. The first-order valence-corrected chi connectivity index (χ1v) is 13.3. The zero-order valence-corrected chi connectivity index (χ0v) is 20.5. The second-order valence-corrected chi connectivity index (χ2v) is 11.8. The monoisotopic (exact) mass is 488 g/mol. The van der Waals surface area contributed by atoms with Crippen LogP contribution in [0.15, 0.2) is 42.7 Å². The fraction of sp³-hybridized carbons (Fsp3) is 0.478. The van der Waals surface area contributed by atoms with Crippen molar-refractivity contribution >= 4 is 21.4 Å². The van der Waals surface area contributed by atoms with Gasteiger partial charge in [0, 0.05) is 24.4 Å². The van der Waals surface area contributed by atoms with Gasteiger partial charge in [0.15, 0.2) is 9.84 Å². The first-order valence-electron chi connectivity index (χ1n) is 11.2. The maximum absolute atomic E-state index is 12.3. The van der Waals surface area contributed by atoms with Crippen molar-refractivity contribution in [1.29, 1.82) is 0 Å². The lowest BCUT2D eigenvalue weighted by molar-refractivity contribution is 0.201. The van der Waals surface area contributed by atoms with Gasteiger partial charge in [0.25, 0.3) is 0 Å². The normalized spacial score (nSPS) is 15.9. The molecular formula is C23H29ClN6O2S. The van der Waals surface area contributed by atoms with Crippen molar-refractivity contribution in [2.75, 3.05) is 13.1 Å². The maximum atomic E-state index is 12.3. The lowest BCUT2D eigenvalue weighted by Crippen LogP contribution is -2.32. The predicted molar refractivity (Wildman–Crippen MR) is 128 cm³/mol. The standard InChI is InChI=1S/C23H29ClN6O2S/c1-17(2)33(31,32)16-19-5-3-7-22(26-19)18-8-11-29(12-9-18)13-20-14-30(28-27-20)15-23-21(24)6-4-10-25-23/h3-7,10,14,17-18H,8-9,11-13,15-16H2,1-2H3. The highest BCUT2D eigenvalue weighted by atomic mass is 35.5. The Morgan fingerprint density at radius 2 is 1.88 bits per heavy atom. The summed E-state index contributed by atoms with van der Waals surface area (Å²) in [6, 6.07) is 9.37. The number of piperidine rings is 1. The number of pyridine rings is 2. The summed E-state index contributed by atoms with van der Waals surface area (Å²) < 4.78 is 26.3. The van der Waals surface area contributed by atoms with Crippen LogP contribution in [0.3, 0.4) is 0 Å². The van der Waals surface area contributed by atoms with Gasteiger partial charge in [0.2, 0.25) is 0 Å². The lowest BCUT2D eigenvalue weighted by Gasteiger charge is -2.31. The molecule has 1 saturated heterocycles. The van der Waals surface area contributed by atoms with Gasteiger partial charge in [-0.15, -0.1) is 5.10 Å². The van der Waals surface area contributed by atoms with Gasteiger partial charge in [-0.2, -0.15) is 0 Å². The molecule has 0 atom stereocenters.